The van der Waals surface area contributed by atoms with E-state index in [1.807, 2.05) is 11.3 Å². The highest BCUT2D eigenvalue weighted by molar-refractivity contribution is 7.26. The lowest BCUT2D eigenvalue weighted by molar-refractivity contribution is 0.666. The molecule has 0 aliphatic carbocycles. The molecule has 0 aliphatic rings. The van der Waals surface area contributed by atoms with Crippen LogP contribution in [0, 0.1) is 6.92 Å². The van der Waals surface area contributed by atoms with Crippen molar-refractivity contribution < 1.29 is 4.42 Å². The molecule has 0 atom stereocenters. The first-order chi connectivity index (χ1) is 23.2. The van der Waals surface area contributed by atoms with Gasteiger partial charge in [-0.15, -0.1) is 11.3 Å². The van der Waals surface area contributed by atoms with Gasteiger partial charge in [-0.3, -0.25) is 0 Å². The number of nitrogens with zero attached hydrogens (tertiary/aromatic N) is 2. The van der Waals surface area contributed by atoms with E-state index in [2.05, 4.69) is 181 Å². The number of fused-ring (bicyclic) bond motifs is 6. The Hall–Kier alpha value is -5.84. The second-order valence-electron chi connectivity index (χ2n) is 11.8. The molecule has 7 aromatic carbocycles. The van der Waals surface area contributed by atoms with Gasteiger partial charge in [0.1, 0.15) is 11.2 Å². The molecule has 0 saturated carbocycles. The lowest BCUT2D eigenvalue weighted by Crippen LogP contribution is -2.11. The van der Waals surface area contributed by atoms with E-state index < -0.39 is 0 Å². The molecule has 0 N–H and O–H groups in total. The van der Waals surface area contributed by atoms with E-state index in [-0.39, 0.29) is 0 Å². The summed E-state index contributed by atoms with van der Waals surface area (Å²) in [5, 5.41) is 4.78. The Bertz CT molecular complexity index is 2500. The first-order valence-corrected chi connectivity index (χ1v) is 16.7. The molecule has 0 saturated heterocycles. The zero-order chi connectivity index (χ0) is 31.3. The zero-order valence-electron chi connectivity index (χ0n) is 25.8. The van der Waals surface area contributed by atoms with E-state index in [4.69, 9.17) is 4.42 Å². The average molecular weight is 623 g/mol. The van der Waals surface area contributed by atoms with Crippen molar-refractivity contribution in [2.45, 2.75) is 6.92 Å². The highest BCUT2D eigenvalue weighted by Crippen LogP contribution is 2.47. The maximum atomic E-state index is 6.68. The van der Waals surface area contributed by atoms with Gasteiger partial charge in [0.05, 0.1) is 16.1 Å². The number of aryl methyl sites for hydroxylation is 1. The van der Waals surface area contributed by atoms with Gasteiger partial charge in [0.2, 0.25) is 0 Å². The molecule has 0 amide bonds. The molecule has 9 aromatic rings. The Labute approximate surface area is 277 Å². The summed E-state index contributed by atoms with van der Waals surface area (Å²) in [6.45, 7) is 2.18. The van der Waals surface area contributed by atoms with Gasteiger partial charge in [0.25, 0.3) is 0 Å². The van der Waals surface area contributed by atoms with E-state index in [0.717, 1.165) is 61.6 Å². The number of hydrogen-bond donors (Lipinski definition) is 0. The summed E-state index contributed by atoms with van der Waals surface area (Å²) in [6.07, 6.45) is 0. The van der Waals surface area contributed by atoms with Crippen LogP contribution in [0.25, 0.3) is 42.1 Å². The maximum absolute atomic E-state index is 6.68. The number of hydrogen-bond acceptors (Lipinski definition) is 4. The van der Waals surface area contributed by atoms with Crippen molar-refractivity contribution in [3.63, 3.8) is 0 Å². The third-order valence-corrected chi connectivity index (χ3v) is 10.2. The third kappa shape index (κ3) is 4.57. The van der Waals surface area contributed by atoms with Crippen LogP contribution in [0.4, 0.5) is 34.1 Å². The molecule has 3 nitrogen and oxygen atoms in total. The van der Waals surface area contributed by atoms with Crippen molar-refractivity contribution in [1.82, 2.24) is 0 Å². The summed E-state index contributed by atoms with van der Waals surface area (Å²) in [4.78, 5) is 4.68. The fourth-order valence-electron chi connectivity index (χ4n) is 6.83. The van der Waals surface area contributed by atoms with E-state index >= 15 is 0 Å². The molecule has 0 fully saturated rings. The summed E-state index contributed by atoms with van der Waals surface area (Å²) in [5.74, 6) is 0. The predicted octanol–water partition coefficient (Wildman–Crippen LogP) is 13.2. The molecule has 0 bridgehead atoms. The van der Waals surface area contributed by atoms with Crippen LogP contribution < -0.4 is 9.80 Å². The Balaban J connectivity index is 1.23. The van der Waals surface area contributed by atoms with Crippen LogP contribution in [-0.2, 0) is 0 Å². The van der Waals surface area contributed by atoms with Crippen molar-refractivity contribution >= 4 is 87.6 Å². The fraction of sp³-hybridized carbons (Fsp3) is 0.0233. The number of thiophene rings is 1. The van der Waals surface area contributed by atoms with Crippen LogP contribution in [0.5, 0.6) is 0 Å². The molecule has 0 aliphatic heterocycles. The smallest absolute Gasteiger partial charge is 0.140 e. The second-order valence-corrected chi connectivity index (χ2v) is 12.9. The number of para-hydroxylation sites is 3. The monoisotopic (exact) mass is 622 g/mol. The van der Waals surface area contributed by atoms with E-state index in [0.29, 0.717) is 0 Å². The van der Waals surface area contributed by atoms with Gasteiger partial charge < -0.3 is 14.2 Å². The average Bonchev–Trinajstić information content (AvgIpc) is 3.70. The van der Waals surface area contributed by atoms with Crippen LogP contribution >= 0.6 is 11.3 Å². The van der Waals surface area contributed by atoms with Gasteiger partial charge in [0, 0.05) is 54.6 Å². The normalized spacial score (nSPS) is 11.5. The maximum Gasteiger partial charge on any atom is 0.140 e. The Morgan fingerprint density at radius 3 is 1.77 bits per heavy atom. The lowest BCUT2D eigenvalue weighted by Gasteiger charge is -2.27. The van der Waals surface area contributed by atoms with Crippen molar-refractivity contribution in [1.29, 1.82) is 0 Å². The van der Waals surface area contributed by atoms with Gasteiger partial charge >= 0.3 is 0 Å². The first kappa shape index (κ1) is 27.5. The van der Waals surface area contributed by atoms with Gasteiger partial charge in [-0.25, -0.2) is 0 Å². The highest BCUT2D eigenvalue weighted by atomic mass is 32.1. The van der Waals surface area contributed by atoms with Gasteiger partial charge in [-0.05, 0) is 85.8 Å². The minimum absolute atomic E-state index is 0.878. The van der Waals surface area contributed by atoms with Gasteiger partial charge in [-0.1, -0.05) is 84.9 Å². The van der Waals surface area contributed by atoms with E-state index in [9.17, 15) is 0 Å². The number of rotatable bonds is 6. The Morgan fingerprint density at radius 1 is 0.447 bits per heavy atom. The SMILES string of the molecule is Cc1c(N(c2ccccc2)c2cccc3c2sc2ccccc23)ccc2c1oc1ccc(N(c3ccccc3)c3ccccc3)cc12. The van der Waals surface area contributed by atoms with Crippen LogP contribution in [0.2, 0.25) is 0 Å². The van der Waals surface area contributed by atoms with Gasteiger partial charge in [0.15, 0.2) is 0 Å². The molecule has 224 valence electrons. The molecular formula is C43H30N2OS. The van der Waals surface area contributed by atoms with Crippen molar-refractivity contribution in [2.24, 2.45) is 0 Å². The summed E-state index contributed by atoms with van der Waals surface area (Å²) in [5.41, 5.74) is 9.57. The summed E-state index contributed by atoms with van der Waals surface area (Å²) >= 11 is 1.85. The molecule has 47 heavy (non-hydrogen) atoms. The standard InChI is InChI=1S/C43H30N2OS/c1-29-38(45(32-18-9-4-10-19-32)39-22-13-21-36-34-20-11-12-23-41(34)47-43(36)39)26-25-35-37-28-33(24-27-40(37)46-42(29)35)44(30-14-5-2-6-15-30)31-16-7-3-8-17-31/h2-28H,1H3. The van der Waals surface area contributed by atoms with Gasteiger partial charge in [-0.2, -0.15) is 0 Å². The highest BCUT2D eigenvalue weighted by Gasteiger charge is 2.22. The molecule has 2 aromatic heterocycles. The second kappa shape index (κ2) is 11.2. The molecule has 9 rings (SSSR count). The molecular weight excluding hydrogens is 593 g/mol. The Kier molecular flexibility index (Phi) is 6.54. The minimum Gasteiger partial charge on any atom is -0.456 e. The number of furan rings is 1. The van der Waals surface area contributed by atoms with Crippen LogP contribution in [0.15, 0.2) is 168 Å². The summed E-state index contributed by atoms with van der Waals surface area (Å²) in [6, 6.07) is 58.0. The van der Waals surface area contributed by atoms with E-state index in [1.165, 1.54) is 20.2 Å². The molecule has 2 heterocycles. The van der Waals surface area contributed by atoms with Crippen LogP contribution in [0.3, 0.4) is 0 Å². The molecule has 0 unspecified atom stereocenters. The minimum atomic E-state index is 0.878. The molecule has 0 radical (unpaired) electrons. The van der Waals surface area contributed by atoms with Crippen molar-refractivity contribution in [3.05, 3.63) is 169 Å². The lowest BCUT2D eigenvalue weighted by atomic mass is 10.0. The molecule has 0 spiro atoms. The Morgan fingerprint density at radius 2 is 1.06 bits per heavy atom. The van der Waals surface area contributed by atoms with Crippen molar-refractivity contribution in [2.75, 3.05) is 9.80 Å². The quantitative estimate of drug-likeness (QED) is 0.184. The fourth-order valence-corrected chi connectivity index (χ4v) is 8.03. The third-order valence-electron chi connectivity index (χ3n) is 9.01. The molecule has 4 heteroatoms. The summed E-state index contributed by atoms with van der Waals surface area (Å²) in [7, 11) is 0. The topological polar surface area (TPSA) is 19.6 Å². The summed E-state index contributed by atoms with van der Waals surface area (Å²) < 4.78 is 9.25. The number of benzene rings is 7. The predicted molar refractivity (Wildman–Crippen MR) is 201 cm³/mol. The van der Waals surface area contributed by atoms with Crippen molar-refractivity contribution in [3.8, 4) is 0 Å². The zero-order valence-corrected chi connectivity index (χ0v) is 26.6. The number of anilines is 6. The largest absolute Gasteiger partial charge is 0.456 e. The van der Waals surface area contributed by atoms with E-state index in [1.54, 1.807) is 0 Å². The first-order valence-electron chi connectivity index (χ1n) is 15.9. The van der Waals surface area contributed by atoms with Crippen LogP contribution in [0.1, 0.15) is 5.56 Å². The van der Waals surface area contributed by atoms with Crippen LogP contribution in [-0.4, -0.2) is 0 Å².